The molecule has 0 unspecified atom stereocenters. The van der Waals surface area contributed by atoms with Crippen LogP contribution in [0.4, 0.5) is 0 Å². The van der Waals surface area contributed by atoms with E-state index in [2.05, 4.69) is 11.4 Å². The van der Waals surface area contributed by atoms with Gasteiger partial charge in [-0.05, 0) is 44.0 Å². The van der Waals surface area contributed by atoms with Crippen molar-refractivity contribution in [2.75, 3.05) is 13.2 Å². The molecule has 1 aliphatic heterocycles. The molecule has 96 valence electrons. The zero-order chi connectivity index (χ0) is 13.2. The van der Waals surface area contributed by atoms with Gasteiger partial charge in [0.05, 0.1) is 6.07 Å². The number of nitriles is 1. The highest BCUT2D eigenvalue weighted by Crippen LogP contribution is 2.33. The number of nitrogens with one attached hydrogen (secondary N) is 1. The number of nitrogens with zero attached hydrogens (tertiary/aromatic N) is 1. The minimum Gasteiger partial charge on any atom is -0.486 e. The zero-order valence-corrected chi connectivity index (χ0v) is 11.0. The van der Waals surface area contributed by atoms with E-state index in [-0.39, 0.29) is 0 Å². The van der Waals surface area contributed by atoms with E-state index >= 15 is 0 Å². The molecule has 18 heavy (non-hydrogen) atoms. The maximum absolute atomic E-state index is 8.98. The molecule has 1 aromatic rings. The number of ether oxygens (including phenoxy) is 2. The second-order valence-corrected chi connectivity index (χ2v) is 5.01. The lowest BCUT2D eigenvalue weighted by atomic mass is 10.0. The van der Waals surface area contributed by atoms with Crippen molar-refractivity contribution in [1.82, 2.24) is 5.32 Å². The molecule has 0 atom stereocenters. The summed E-state index contributed by atoms with van der Waals surface area (Å²) in [7, 11) is 0. The van der Waals surface area contributed by atoms with Crippen LogP contribution in [0.15, 0.2) is 12.1 Å². The minimum absolute atomic E-state index is 0.528. The van der Waals surface area contributed by atoms with Crippen LogP contribution in [0.1, 0.15) is 25.0 Å². The van der Waals surface area contributed by atoms with Crippen LogP contribution in [0, 0.1) is 18.3 Å². The molecule has 4 heteroatoms. The number of hydrogen-bond acceptors (Lipinski definition) is 4. The Bertz CT molecular complexity index is 489. The Balaban J connectivity index is 2.16. The van der Waals surface area contributed by atoms with Gasteiger partial charge in [0.1, 0.15) is 18.8 Å². The third kappa shape index (κ3) is 2.74. The quantitative estimate of drug-likeness (QED) is 0.888. The van der Waals surface area contributed by atoms with Crippen molar-refractivity contribution in [2.45, 2.75) is 32.9 Å². The molecule has 0 saturated carbocycles. The van der Waals surface area contributed by atoms with Crippen LogP contribution in [0.5, 0.6) is 11.5 Å². The Kier molecular flexibility index (Phi) is 3.44. The fourth-order valence-electron chi connectivity index (χ4n) is 1.78. The molecule has 1 heterocycles. The summed E-state index contributed by atoms with van der Waals surface area (Å²) in [6.07, 6.45) is 0. The summed E-state index contributed by atoms with van der Waals surface area (Å²) in [5.41, 5.74) is 1.74. The first kappa shape index (κ1) is 12.7. The molecule has 4 nitrogen and oxygen atoms in total. The summed E-state index contributed by atoms with van der Waals surface area (Å²) in [6, 6.07) is 6.21. The highest BCUT2D eigenvalue weighted by atomic mass is 16.6. The van der Waals surface area contributed by atoms with Crippen LogP contribution in [0.2, 0.25) is 0 Å². The molecule has 0 fully saturated rings. The first-order valence-electron chi connectivity index (χ1n) is 6.07. The highest BCUT2D eigenvalue weighted by Gasteiger charge is 2.18. The third-order valence-electron chi connectivity index (χ3n) is 3.00. The molecule has 2 rings (SSSR count). The molecule has 0 spiro atoms. The summed E-state index contributed by atoms with van der Waals surface area (Å²) in [5.74, 6) is 1.60. The molecule has 0 aliphatic carbocycles. The van der Waals surface area contributed by atoms with E-state index in [1.165, 1.54) is 0 Å². The van der Waals surface area contributed by atoms with Crippen LogP contribution >= 0.6 is 0 Å². The molecular formula is C14H18N2O2. The Labute approximate surface area is 108 Å². The van der Waals surface area contributed by atoms with E-state index in [0.29, 0.717) is 19.8 Å². The van der Waals surface area contributed by atoms with Gasteiger partial charge in [0.25, 0.3) is 0 Å². The predicted octanol–water partition coefficient (Wildman–Crippen LogP) is 2.16. The first-order chi connectivity index (χ1) is 8.52. The van der Waals surface area contributed by atoms with Crippen molar-refractivity contribution in [2.24, 2.45) is 0 Å². The summed E-state index contributed by atoms with van der Waals surface area (Å²) in [5, 5.41) is 12.2. The van der Waals surface area contributed by atoms with Crippen molar-refractivity contribution in [3.63, 3.8) is 0 Å². The standard InChI is InChI=1S/C14H18N2O2/c1-10-6-12-13(18-5-4-17-12)7-11(10)8-16-14(2,3)9-15/h6-7,16H,4-5,8H2,1-3H3. The second kappa shape index (κ2) is 4.87. The first-order valence-corrected chi connectivity index (χ1v) is 6.07. The average molecular weight is 246 g/mol. The monoisotopic (exact) mass is 246 g/mol. The highest BCUT2D eigenvalue weighted by molar-refractivity contribution is 5.47. The largest absolute Gasteiger partial charge is 0.486 e. The minimum atomic E-state index is -0.528. The lowest BCUT2D eigenvalue weighted by Gasteiger charge is -2.22. The SMILES string of the molecule is Cc1cc2c(cc1CNC(C)(C)C#N)OCCO2. The molecule has 0 radical (unpaired) electrons. The molecule has 0 saturated heterocycles. The summed E-state index contributed by atoms with van der Waals surface area (Å²) >= 11 is 0. The number of aryl methyl sites for hydroxylation is 1. The lowest BCUT2D eigenvalue weighted by molar-refractivity contribution is 0.171. The molecule has 0 aromatic heterocycles. The van der Waals surface area contributed by atoms with Gasteiger partial charge in [-0.15, -0.1) is 0 Å². The van der Waals surface area contributed by atoms with Crippen LogP contribution in [-0.2, 0) is 6.54 Å². The fraction of sp³-hybridized carbons (Fsp3) is 0.500. The summed E-state index contributed by atoms with van der Waals surface area (Å²) in [6.45, 7) is 7.59. The molecule has 1 aromatic carbocycles. The topological polar surface area (TPSA) is 54.3 Å². The van der Waals surface area contributed by atoms with Crippen molar-refractivity contribution in [1.29, 1.82) is 5.26 Å². The number of rotatable bonds is 3. The van der Waals surface area contributed by atoms with Gasteiger partial charge in [-0.1, -0.05) is 0 Å². The second-order valence-electron chi connectivity index (χ2n) is 5.01. The lowest BCUT2D eigenvalue weighted by Crippen LogP contribution is -2.37. The van der Waals surface area contributed by atoms with Gasteiger partial charge in [-0.3, -0.25) is 5.32 Å². The van der Waals surface area contributed by atoms with Crippen molar-refractivity contribution >= 4 is 0 Å². The molecule has 0 bridgehead atoms. The number of benzene rings is 1. The Morgan fingerprint density at radius 2 is 1.89 bits per heavy atom. The van der Waals surface area contributed by atoms with Crippen molar-refractivity contribution < 1.29 is 9.47 Å². The third-order valence-corrected chi connectivity index (χ3v) is 3.00. The Morgan fingerprint density at radius 3 is 2.50 bits per heavy atom. The van der Waals surface area contributed by atoms with Gasteiger partial charge in [0, 0.05) is 6.54 Å². The Hall–Kier alpha value is -1.73. The van der Waals surface area contributed by atoms with E-state index in [0.717, 1.165) is 22.6 Å². The van der Waals surface area contributed by atoms with Gasteiger partial charge in [0.2, 0.25) is 0 Å². The van der Waals surface area contributed by atoms with E-state index in [9.17, 15) is 0 Å². The summed E-state index contributed by atoms with van der Waals surface area (Å²) < 4.78 is 11.1. The molecule has 1 N–H and O–H groups in total. The fourth-order valence-corrected chi connectivity index (χ4v) is 1.78. The van der Waals surface area contributed by atoms with E-state index in [1.54, 1.807) is 0 Å². The smallest absolute Gasteiger partial charge is 0.161 e. The summed E-state index contributed by atoms with van der Waals surface area (Å²) in [4.78, 5) is 0. The molecule has 0 amide bonds. The van der Waals surface area contributed by atoms with Crippen molar-refractivity contribution in [3.8, 4) is 17.6 Å². The normalized spacial score (nSPS) is 14.1. The van der Waals surface area contributed by atoms with Gasteiger partial charge in [-0.2, -0.15) is 5.26 Å². The van der Waals surface area contributed by atoms with Gasteiger partial charge in [-0.25, -0.2) is 0 Å². The number of fused-ring (bicyclic) bond motifs is 1. The van der Waals surface area contributed by atoms with Gasteiger partial charge in [0.15, 0.2) is 11.5 Å². The van der Waals surface area contributed by atoms with Crippen LogP contribution < -0.4 is 14.8 Å². The van der Waals surface area contributed by atoms with E-state index in [1.807, 2.05) is 32.9 Å². The number of hydrogen-bond donors (Lipinski definition) is 1. The zero-order valence-electron chi connectivity index (χ0n) is 11.0. The van der Waals surface area contributed by atoms with Crippen molar-refractivity contribution in [3.05, 3.63) is 23.3 Å². The Morgan fingerprint density at radius 1 is 1.28 bits per heavy atom. The molecular weight excluding hydrogens is 228 g/mol. The average Bonchev–Trinajstić information content (AvgIpc) is 2.36. The predicted molar refractivity (Wildman–Crippen MR) is 68.7 cm³/mol. The van der Waals surface area contributed by atoms with Crippen LogP contribution in [0.25, 0.3) is 0 Å². The van der Waals surface area contributed by atoms with Gasteiger partial charge >= 0.3 is 0 Å². The van der Waals surface area contributed by atoms with E-state index < -0.39 is 5.54 Å². The van der Waals surface area contributed by atoms with Gasteiger partial charge < -0.3 is 9.47 Å². The van der Waals surface area contributed by atoms with E-state index in [4.69, 9.17) is 14.7 Å². The maximum atomic E-state index is 8.98. The van der Waals surface area contributed by atoms with Crippen LogP contribution in [-0.4, -0.2) is 18.8 Å². The molecule has 1 aliphatic rings. The van der Waals surface area contributed by atoms with Crippen LogP contribution in [0.3, 0.4) is 0 Å². The maximum Gasteiger partial charge on any atom is 0.161 e.